The van der Waals surface area contributed by atoms with Gasteiger partial charge in [0.15, 0.2) is 5.78 Å². The molecule has 0 heterocycles. The molecule has 120 valence electrons. The van der Waals surface area contributed by atoms with Crippen LogP contribution in [-0.4, -0.2) is 16.5 Å². The minimum absolute atomic E-state index is 0.211. The molecule has 0 aromatic rings. The second-order valence-electron chi connectivity index (χ2n) is 8.12. The average Bonchev–Trinajstić information content (AvgIpc) is 2.79. The van der Waals surface area contributed by atoms with E-state index < -0.39 is 5.60 Å². The molecule has 0 unspecified atom stereocenters. The zero-order valence-electron chi connectivity index (χ0n) is 13.7. The van der Waals surface area contributed by atoms with Gasteiger partial charge in [0.05, 0.1) is 0 Å². The Bertz CT molecular complexity index is 691. The van der Waals surface area contributed by atoms with Gasteiger partial charge in [-0.1, -0.05) is 36.6 Å². The van der Waals surface area contributed by atoms with Crippen LogP contribution >= 0.6 is 0 Å². The molecule has 0 radical (unpaired) electrons. The van der Waals surface area contributed by atoms with Crippen molar-refractivity contribution in [2.24, 2.45) is 29.1 Å². The van der Waals surface area contributed by atoms with Gasteiger partial charge in [0, 0.05) is 17.8 Å². The predicted octanol–water partition coefficient (Wildman–Crippen LogP) is 3.43. The number of allylic oxidation sites excluding steroid dienone is 4. The number of hydrogen-bond acceptors (Lipinski definition) is 2. The molecule has 2 nitrogen and oxygen atoms in total. The number of ketones is 1. The van der Waals surface area contributed by atoms with Crippen molar-refractivity contribution in [3.05, 3.63) is 36.0 Å². The monoisotopic (exact) mass is 308 g/mol. The summed E-state index contributed by atoms with van der Waals surface area (Å²) in [4.78, 5) is 11.8. The maximum absolute atomic E-state index is 11.8. The molecule has 0 saturated heterocycles. The van der Waals surface area contributed by atoms with Crippen LogP contribution in [0.5, 0.6) is 0 Å². The van der Waals surface area contributed by atoms with Gasteiger partial charge in [-0.3, -0.25) is 4.79 Å². The molecule has 0 spiro atoms. The van der Waals surface area contributed by atoms with Gasteiger partial charge in [-0.2, -0.15) is 0 Å². The van der Waals surface area contributed by atoms with E-state index in [1.165, 1.54) is 5.57 Å². The minimum atomic E-state index is -1.11. The Morgan fingerprint density at radius 2 is 2.17 bits per heavy atom. The van der Waals surface area contributed by atoms with Gasteiger partial charge in [-0.25, -0.2) is 0 Å². The number of carbonyl (C=O) groups excluding carboxylic acids is 1. The topological polar surface area (TPSA) is 37.3 Å². The van der Waals surface area contributed by atoms with Crippen LogP contribution in [0.25, 0.3) is 0 Å². The molecule has 0 aromatic carbocycles. The molecule has 0 amide bonds. The summed E-state index contributed by atoms with van der Waals surface area (Å²) in [6.45, 7) is 6.38. The molecule has 4 aliphatic carbocycles. The summed E-state index contributed by atoms with van der Waals surface area (Å²) in [5.41, 5.74) is 1.03. The van der Waals surface area contributed by atoms with E-state index >= 15 is 0 Å². The van der Waals surface area contributed by atoms with Gasteiger partial charge in [0.25, 0.3) is 0 Å². The van der Waals surface area contributed by atoms with Crippen molar-refractivity contribution in [1.82, 2.24) is 0 Å². The van der Waals surface area contributed by atoms with Crippen molar-refractivity contribution in [2.75, 3.05) is 0 Å². The summed E-state index contributed by atoms with van der Waals surface area (Å²) in [5.74, 6) is 4.61. The predicted molar refractivity (Wildman–Crippen MR) is 90.3 cm³/mol. The summed E-state index contributed by atoms with van der Waals surface area (Å²) in [6, 6.07) is 0. The second kappa shape index (κ2) is 4.71. The van der Waals surface area contributed by atoms with Gasteiger partial charge < -0.3 is 5.11 Å². The molecule has 0 aromatic heterocycles. The lowest BCUT2D eigenvalue weighted by Gasteiger charge is -2.55. The zero-order chi connectivity index (χ0) is 16.4. The molecule has 2 fully saturated rings. The van der Waals surface area contributed by atoms with Crippen molar-refractivity contribution in [3.8, 4) is 12.3 Å². The van der Waals surface area contributed by atoms with Gasteiger partial charge in [0.1, 0.15) is 5.60 Å². The number of rotatable bonds is 0. The molecule has 4 rings (SSSR count). The molecule has 6 atom stereocenters. The molecule has 0 bridgehead atoms. The van der Waals surface area contributed by atoms with Crippen LogP contribution in [0, 0.1) is 41.4 Å². The Morgan fingerprint density at radius 1 is 1.39 bits per heavy atom. The summed E-state index contributed by atoms with van der Waals surface area (Å²) in [6.07, 6.45) is 16.1. The zero-order valence-corrected chi connectivity index (χ0v) is 13.7. The van der Waals surface area contributed by atoms with Crippen molar-refractivity contribution in [3.63, 3.8) is 0 Å². The first-order valence-corrected chi connectivity index (χ1v) is 8.70. The lowest BCUT2D eigenvalue weighted by Crippen LogP contribution is -2.52. The molecular weight excluding hydrogens is 284 g/mol. The standard InChI is InChI=1S/C21H24O2/c1-4-21(23)10-8-18-16-6-5-14-12-15(22)11-13(2)19(14)17(16)7-9-20(18,21)3/h1,8,10,12,16-19,23H,2,5-7,9,11H2,3H3/t16-,17+,18+,19+,20+,21+/m1/s1. The molecule has 2 saturated carbocycles. The Balaban J connectivity index is 1.70. The Morgan fingerprint density at radius 3 is 2.91 bits per heavy atom. The van der Waals surface area contributed by atoms with Crippen molar-refractivity contribution >= 4 is 5.78 Å². The summed E-state index contributed by atoms with van der Waals surface area (Å²) < 4.78 is 0. The van der Waals surface area contributed by atoms with Crippen molar-refractivity contribution < 1.29 is 9.90 Å². The summed E-state index contributed by atoms with van der Waals surface area (Å²) in [5, 5.41) is 10.9. The van der Waals surface area contributed by atoms with E-state index in [2.05, 4.69) is 25.5 Å². The number of aliphatic hydroxyl groups is 1. The minimum Gasteiger partial charge on any atom is -0.373 e. The third kappa shape index (κ3) is 1.83. The third-order valence-corrected chi connectivity index (χ3v) is 7.16. The molecule has 2 heteroatoms. The van der Waals surface area contributed by atoms with E-state index in [-0.39, 0.29) is 11.2 Å². The lowest BCUT2D eigenvalue weighted by atomic mass is 9.50. The number of carbonyl (C=O) groups is 1. The fourth-order valence-electron chi connectivity index (χ4n) is 5.92. The van der Waals surface area contributed by atoms with Gasteiger partial charge >= 0.3 is 0 Å². The van der Waals surface area contributed by atoms with E-state index in [9.17, 15) is 9.90 Å². The highest BCUT2D eigenvalue weighted by atomic mass is 16.3. The maximum Gasteiger partial charge on any atom is 0.159 e. The average molecular weight is 308 g/mol. The molecule has 0 aliphatic heterocycles. The fraction of sp³-hybridized carbons (Fsp3) is 0.571. The molecule has 4 aliphatic rings. The third-order valence-electron chi connectivity index (χ3n) is 7.16. The van der Waals surface area contributed by atoms with E-state index in [0.717, 1.165) is 31.3 Å². The molecule has 1 N–H and O–H groups in total. The first-order chi connectivity index (χ1) is 10.9. The van der Waals surface area contributed by atoms with E-state index in [1.807, 2.05) is 12.2 Å². The molecule has 23 heavy (non-hydrogen) atoms. The van der Waals surface area contributed by atoms with E-state index in [1.54, 1.807) is 0 Å². The number of fused-ring (bicyclic) bond motifs is 5. The highest BCUT2D eigenvalue weighted by Crippen LogP contribution is 2.62. The second-order valence-corrected chi connectivity index (χ2v) is 8.12. The smallest absolute Gasteiger partial charge is 0.159 e. The highest BCUT2D eigenvalue weighted by molar-refractivity contribution is 5.93. The number of hydrogen-bond donors (Lipinski definition) is 1. The quantitative estimate of drug-likeness (QED) is 0.550. The Labute approximate surface area is 138 Å². The Hall–Kier alpha value is -1.59. The van der Waals surface area contributed by atoms with Gasteiger partial charge in [-0.15, -0.1) is 6.42 Å². The number of terminal acetylenes is 1. The van der Waals surface area contributed by atoms with Crippen LogP contribution in [0.1, 0.15) is 39.0 Å². The van der Waals surface area contributed by atoms with Crippen LogP contribution in [0.15, 0.2) is 36.0 Å². The maximum atomic E-state index is 11.8. The van der Waals surface area contributed by atoms with E-state index in [4.69, 9.17) is 6.42 Å². The fourth-order valence-corrected chi connectivity index (χ4v) is 5.92. The normalized spacial score (nSPS) is 48.1. The largest absolute Gasteiger partial charge is 0.373 e. The van der Waals surface area contributed by atoms with Gasteiger partial charge in [-0.05, 0) is 55.6 Å². The van der Waals surface area contributed by atoms with Crippen LogP contribution in [-0.2, 0) is 4.79 Å². The van der Waals surface area contributed by atoms with Crippen molar-refractivity contribution in [1.29, 1.82) is 0 Å². The van der Waals surface area contributed by atoms with Crippen molar-refractivity contribution in [2.45, 2.75) is 44.6 Å². The molecular formula is C21H24O2. The van der Waals surface area contributed by atoms with E-state index in [0.29, 0.717) is 30.1 Å². The Kier molecular flexibility index (Phi) is 3.06. The SMILES string of the molecule is C#C[C@]1(O)C=C[C@H]2[C@@H]3CCC4=CC(=O)CC(=C)[C@@H]4[C@H]3CC[C@@]21C. The first kappa shape index (κ1) is 15.0. The van der Waals surface area contributed by atoms with Crippen LogP contribution in [0.2, 0.25) is 0 Å². The lowest BCUT2D eigenvalue weighted by molar-refractivity contribution is -0.114. The highest BCUT2D eigenvalue weighted by Gasteiger charge is 2.59. The first-order valence-electron chi connectivity index (χ1n) is 8.70. The van der Waals surface area contributed by atoms with Crippen LogP contribution < -0.4 is 0 Å². The van der Waals surface area contributed by atoms with Crippen LogP contribution in [0.4, 0.5) is 0 Å². The summed E-state index contributed by atoms with van der Waals surface area (Å²) in [7, 11) is 0. The summed E-state index contributed by atoms with van der Waals surface area (Å²) >= 11 is 0. The van der Waals surface area contributed by atoms with Gasteiger partial charge in [0.2, 0.25) is 0 Å². The van der Waals surface area contributed by atoms with Crippen LogP contribution in [0.3, 0.4) is 0 Å².